The summed E-state index contributed by atoms with van der Waals surface area (Å²) in [6.07, 6.45) is 0. The minimum atomic E-state index is -3.16. The van der Waals surface area contributed by atoms with Crippen molar-refractivity contribution in [1.29, 1.82) is 0 Å². The normalized spacial score (nSPS) is 12.0. The zero-order valence-electron chi connectivity index (χ0n) is 38.3. The number of fused-ring (bicyclic) bond motifs is 9. The lowest BCUT2D eigenvalue weighted by atomic mass is 10.0. The summed E-state index contributed by atoms with van der Waals surface area (Å²) in [6.45, 7) is 0. The highest BCUT2D eigenvalue weighted by Crippen LogP contribution is 2.41. The zero-order chi connectivity index (χ0) is 46.2. The lowest BCUT2D eigenvalue weighted by molar-refractivity contribution is 1.15. The monoisotopic (exact) mass is 907 g/mol. The second-order valence-electron chi connectivity index (χ2n) is 18.4. The van der Waals surface area contributed by atoms with Crippen LogP contribution < -0.4 is 20.7 Å². The highest BCUT2D eigenvalue weighted by atomic mass is 28.3. The molecule has 14 rings (SSSR count). The second kappa shape index (κ2) is 16.1. The van der Waals surface area contributed by atoms with Crippen LogP contribution in [-0.2, 0) is 0 Å². The van der Waals surface area contributed by atoms with Gasteiger partial charge in [0, 0.05) is 49.3 Å². The van der Waals surface area contributed by atoms with Gasteiger partial charge in [0.1, 0.15) is 0 Å². The molecule has 4 heteroatoms. The van der Waals surface area contributed by atoms with Crippen LogP contribution in [0.4, 0.5) is 0 Å². The first-order valence-corrected chi connectivity index (χ1v) is 26.2. The van der Waals surface area contributed by atoms with Crippen LogP contribution in [0.5, 0.6) is 0 Å². The standard InChI is InChI=1S/C66H45N3Si/c1-5-23-46(24-6-1)51-31-13-18-36-58(51)68-60-38-20-16-34-54(60)56-42-41-47(43-63(56)68)67-59-37-19-17-35-55(59)57-44-65(69-61-39-21-14-32-52(61)53-33-15-22-40-62(53)69)66(45-64(57)67)70(48-25-7-2-8-26-48,49-27-9-3-10-28-49)50-29-11-4-12-30-50/h1-45H. The van der Waals surface area contributed by atoms with Gasteiger partial charge in [-0.2, -0.15) is 0 Å². The summed E-state index contributed by atoms with van der Waals surface area (Å²) in [5, 5.41) is 12.7. The van der Waals surface area contributed by atoms with Gasteiger partial charge >= 0.3 is 0 Å². The molecule has 3 heterocycles. The van der Waals surface area contributed by atoms with Gasteiger partial charge < -0.3 is 13.7 Å². The molecule has 0 unspecified atom stereocenters. The fourth-order valence-electron chi connectivity index (χ4n) is 11.9. The van der Waals surface area contributed by atoms with Crippen LogP contribution in [0.2, 0.25) is 0 Å². The zero-order valence-corrected chi connectivity index (χ0v) is 39.3. The third-order valence-electron chi connectivity index (χ3n) is 14.8. The molecule has 0 bridgehead atoms. The molecule has 0 fully saturated rings. The molecule has 0 atom stereocenters. The van der Waals surface area contributed by atoms with Crippen LogP contribution in [0.25, 0.3) is 93.6 Å². The summed E-state index contributed by atoms with van der Waals surface area (Å²) >= 11 is 0. The quantitative estimate of drug-likeness (QED) is 0.107. The Morgan fingerprint density at radius 1 is 0.243 bits per heavy atom. The number of nitrogens with zero attached hydrogens (tertiary/aromatic N) is 3. The summed E-state index contributed by atoms with van der Waals surface area (Å²) in [5.41, 5.74) is 12.9. The van der Waals surface area contributed by atoms with Gasteiger partial charge in [-0.3, -0.25) is 0 Å². The lowest BCUT2D eigenvalue weighted by Crippen LogP contribution is -2.75. The molecule has 3 nitrogen and oxygen atoms in total. The van der Waals surface area contributed by atoms with E-state index < -0.39 is 8.07 Å². The predicted octanol–water partition coefficient (Wildman–Crippen LogP) is 14.0. The Kier molecular flexibility index (Phi) is 9.23. The van der Waals surface area contributed by atoms with E-state index in [4.69, 9.17) is 0 Å². The van der Waals surface area contributed by atoms with Gasteiger partial charge in [0.25, 0.3) is 0 Å². The SMILES string of the molecule is c1ccc(-c2ccccc2-n2c3ccccc3c3ccc(-n4c5ccccc5c5cc(-n6c7ccccc7c7ccccc76)c([Si](c6ccccc6)(c6ccccc6)c6ccccc6)cc54)cc32)cc1. The molecule has 0 amide bonds. The summed E-state index contributed by atoms with van der Waals surface area (Å²) in [6, 6.07) is 102. The average molecular weight is 908 g/mol. The van der Waals surface area contributed by atoms with Crippen molar-refractivity contribution in [2.75, 3.05) is 0 Å². The molecule has 0 aliphatic rings. The van der Waals surface area contributed by atoms with Crippen LogP contribution in [0.3, 0.4) is 0 Å². The number of para-hydroxylation sites is 5. The Balaban J connectivity index is 1.15. The maximum absolute atomic E-state index is 3.16. The van der Waals surface area contributed by atoms with Gasteiger partial charge in [0.15, 0.2) is 8.07 Å². The van der Waals surface area contributed by atoms with Gasteiger partial charge in [-0.25, -0.2) is 0 Å². The summed E-state index contributed by atoms with van der Waals surface area (Å²) in [7, 11) is -3.16. The molecule has 0 saturated carbocycles. The van der Waals surface area contributed by atoms with Crippen LogP contribution in [0.15, 0.2) is 273 Å². The number of aromatic nitrogens is 3. The Bertz CT molecular complexity index is 4130. The number of hydrogen-bond donors (Lipinski definition) is 0. The Morgan fingerprint density at radius 2 is 0.629 bits per heavy atom. The Labute approximate surface area is 407 Å². The predicted molar refractivity (Wildman–Crippen MR) is 299 cm³/mol. The van der Waals surface area contributed by atoms with E-state index in [1.807, 2.05) is 0 Å². The van der Waals surface area contributed by atoms with Gasteiger partial charge in [-0.15, -0.1) is 0 Å². The molecular weight excluding hydrogens is 863 g/mol. The first-order chi connectivity index (χ1) is 34.8. The molecular formula is C66H45N3Si. The van der Waals surface area contributed by atoms with Crippen molar-refractivity contribution in [2.24, 2.45) is 0 Å². The minimum absolute atomic E-state index is 1.11. The van der Waals surface area contributed by atoms with Gasteiger partial charge in [0.2, 0.25) is 0 Å². The van der Waals surface area contributed by atoms with E-state index in [1.165, 1.54) is 97.5 Å². The third kappa shape index (κ3) is 5.94. The molecule has 0 aliphatic heterocycles. The van der Waals surface area contributed by atoms with E-state index in [9.17, 15) is 0 Å². The largest absolute Gasteiger partial charge is 0.309 e. The summed E-state index contributed by atoms with van der Waals surface area (Å²) in [5.74, 6) is 0. The van der Waals surface area contributed by atoms with Crippen molar-refractivity contribution >= 4 is 94.2 Å². The molecule has 328 valence electrons. The highest BCUT2D eigenvalue weighted by molar-refractivity contribution is 7.20. The van der Waals surface area contributed by atoms with Crippen LogP contribution >= 0.6 is 0 Å². The molecule has 0 N–H and O–H groups in total. The smallest absolute Gasteiger partial charge is 0.181 e. The topological polar surface area (TPSA) is 14.8 Å². The van der Waals surface area contributed by atoms with Crippen molar-refractivity contribution in [3.8, 4) is 28.2 Å². The lowest BCUT2D eigenvalue weighted by Gasteiger charge is -2.36. The molecule has 14 aromatic rings. The molecule has 0 radical (unpaired) electrons. The molecule has 0 spiro atoms. The van der Waals surface area contributed by atoms with Crippen molar-refractivity contribution in [2.45, 2.75) is 0 Å². The minimum Gasteiger partial charge on any atom is -0.309 e. The van der Waals surface area contributed by atoms with Crippen molar-refractivity contribution in [1.82, 2.24) is 13.7 Å². The van der Waals surface area contributed by atoms with Gasteiger partial charge in [-0.05, 0) is 80.9 Å². The number of rotatable bonds is 8. The maximum atomic E-state index is 2.60. The fraction of sp³-hybridized carbons (Fsp3) is 0. The molecule has 0 aliphatic carbocycles. The first-order valence-electron chi connectivity index (χ1n) is 24.2. The molecule has 3 aromatic heterocycles. The third-order valence-corrected chi connectivity index (χ3v) is 19.6. The van der Waals surface area contributed by atoms with Crippen LogP contribution in [-0.4, -0.2) is 21.8 Å². The molecule has 0 saturated heterocycles. The first kappa shape index (κ1) is 40.1. The van der Waals surface area contributed by atoms with E-state index in [-0.39, 0.29) is 0 Å². The Hall–Kier alpha value is -8.96. The van der Waals surface area contributed by atoms with E-state index in [1.54, 1.807) is 0 Å². The van der Waals surface area contributed by atoms with Crippen molar-refractivity contribution < 1.29 is 0 Å². The van der Waals surface area contributed by atoms with Crippen LogP contribution in [0.1, 0.15) is 0 Å². The summed E-state index contributed by atoms with van der Waals surface area (Å²) < 4.78 is 7.58. The van der Waals surface area contributed by atoms with Crippen molar-refractivity contribution in [3.05, 3.63) is 273 Å². The van der Waals surface area contributed by atoms with Crippen molar-refractivity contribution in [3.63, 3.8) is 0 Å². The van der Waals surface area contributed by atoms with Gasteiger partial charge in [0.05, 0.1) is 38.8 Å². The summed E-state index contributed by atoms with van der Waals surface area (Å²) in [4.78, 5) is 0. The average Bonchev–Trinajstić information content (AvgIpc) is 4.07. The van der Waals surface area contributed by atoms with E-state index in [0.717, 1.165) is 16.9 Å². The second-order valence-corrected chi connectivity index (χ2v) is 22.2. The maximum Gasteiger partial charge on any atom is 0.181 e. The van der Waals surface area contributed by atoms with Gasteiger partial charge in [-0.1, -0.05) is 218 Å². The van der Waals surface area contributed by atoms with Crippen LogP contribution in [0, 0.1) is 0 Å². The van der Waals surface area contributed by atoms with E-state index in [2.05, 4.69) is 287 Å². The number of hydrogen-bond acceptors (Lipinski definition) is 0. The fourth-order valence-corrected chi connectivity index (χ4v) is 16.8. The molecule has 11 aromatic carbocycles. The van der Waals surface area contributed by atoms with E-state index >= 15 is 0 Å². The Morgan fingerprint density at radius 3 is 1.16 bits per heavy atom. The van der Waals surface area contributed by atoms with E-state index in [0.29, 0.717) is 0 Å². The highest BCUT2D eigenvalue weighted by Gasteiger charge is 2.44. The number of benzene rings is 11. The molecule has 70 heavy (non-hydrogen) atoms.